The van der Waals surface area contributed by atoms with Crippen LogP contribution in [0.15, 0.2) is 0 Å². The number of rotatable bonds is 2. The molecule has 0 amide bonds. The Morgan fingerprint density at radius 2 is 1.67 bits per heavy atom. The van der Waals surface area contributed by atoms with Crippen molar-refractivity contribution in [2.75, 3.05) is 7.11 Å². The SMILES string of the molecule is COC1(C(C)=O)CCCCCC1. The van der Waals surface area contributed by atoms with Gasteiger partial charge in [0.25, 0.3) is 0 Å². The van der Waals surface area contributed by atoms with E-state index in [1.807, 2.05) is 0 Å². The van der Waals surface area contributed by atoms with E-state index < -0.39 is 5.60 Å². The van der Waals surface area contributed by atoms with Crippen LogP contribution < -0.4 is 0 Å². The van der Waals surface area contributed by atoms with Crippen LogP contribution in [0.2, 0.25) is 0 Å². The van der Waals surface area contributed by atoms with Gasteiger partial charge in [-0.2, -0.15) is 0 Å². The number of methoxy groups -OCH3 is 1. The molecule has 0 bridgehead atoms. The molecule has 0 aromatic heterocycles. The molecule has 0 N–H and O–H groups in total. The highest BCUT2D eigenvalue weighted by Gasteiger charge is 2.35. The van der Waals surface area contributed by atoms with Crippen LogP contribution in [0.1, 0.15) is 45.4 Å². The number of carbonyl (C=O) groups excluding carboxylic acids is 1. The fraction of sp³-hybridized carbons (Fsp3) is 0.900. The first-order valence-corrected chi connectivity index (χ1v) is 4.77. The van der Waals surface area contributed by atoms with Crippen molar-refractivity contribution in [1.82, 2.24) is 0 Å². The molecular formula is C10H18O2. The summed E-state index contributed by atoms with van der Waals surface area (Å²) in [7, 11) is 1.66. The molecule has 1 saturated carbocycles. The maximum atomic E-state index is 11.4. The number of hydrogen-bond donors (Lipinski definition) is 0. The Bertz CT molecular complexity index is 155. The monoisotopic (exact) mass is 170 g/mol. The highest BCUT2D eigenvalue weighted by molar-refractivity contribution is 5.84. The highest BCUT2D eigenvalue weighted by Crippen LogP contribution is 2.30. The summed E-state index contributed by atoms with van der Waals surface area (Å²) in [5, 5.41) is 0. The molecule has 1 aliphatic rings. The highest BCUT2D eigenvalue weighted by atomic mass is 16.5. The van der Waals surface area contributed by atoms with E-state index in [0.717, 1.165) is 25.7 Å². The van der Waals surface area contributed by atoms with E-state index in [-0.39, 0.29) is 5.78 Å². The zero-order valence-corrected chi connectivity index (χ0v) is 8.06. The first-order chi connectivity index (χ1) is 5.71. The predicted octanol–water partition coefficient (Wildman–Crippen LogP) is 2.31. The minimum atomic E-state index is -0.434. The largest absolute Gasteiger partial charge is 0.370 e. The Morgan fingerprint density at radius 3 is 2.00 bits per heavy atom. The Labute approximate surface area is 74.3 Å². The maximum absolute atomic E-state index is 11.4. The molecule has 1 aliphatic carbocycles. The summed E-state index contributed by atoms with van der Waals surface area (Å²) in [6, 6.07) is 0. The lowest BCUT2D eigenvalue weighted by atomic mass is 9.90. The van der Waals surface area contributed by atoms with Gasteiger partial charge in [0.1, 0.15) is 5.60 Å². The van der Waals surface area contributed by atoms with Gasteiger partial charge in [-0.3, -0.25) is 4.79 Å². The first-order valence-electron chi connectivity index (χ1n) is 4.77. The third-order valence-corrected chi connectivity index (χ3v) is 2.94. The number of ether oxygens (including phenoxy) is 1. The molecule has 12 heavy (non-hydrogen) atoms. The fourth-order valence-electron chi connectivity index (χ4n) is 2.00. The van der Waals surface area contributed by atoms with E-state index in [1.165, 1.54) is 12.8 Å². The summed E-state index contributed by atoms with van der Waals surface area (Å²) in [5.41, 5.74) is -0.434. The quantitative estimate of drug-likeness (QED) is 0.594. The van der Waals surface area contributed by atoms with E-state index in [0.29, 0.717) is 0 Å². The van der Waals surface area contributed by atoms with Gasteiger partial charge in [-0.15, -0.1) is 0 Å². The van der Waals surface area contributed by atoms with Crippen LogP contribution in [0.4, 0.5) is 0 Å². The van der Waals surface area contributed by atoms with Gasteiger partial charge < -0.3 is 4.74 Å². The first kappa shape index (κ1) is 9.72. The summed E-state index contributed by atoms with van der Waals surface area (Å²) in [6.45, 7) is 1.65. The van der Waals surface area contributed by atoms with Crippen LogP contribution in [-0.2, 0) is 9.53 Å². The molecule has 0 aromatic rings. The summed E-state index contributed by atoms with van der Waals surface area (Å²) in [5.74, 6) is 0.201. The Hall–Kier alpha value is -0.370. The topological polar surface area (TPSA) is 26.3 Å². The zero-order valence-electron chi connectivity index (χ0n) is 8.06. The van der Waals surface area contributed by atoms with Crippen molar-refractivity contribution >= 4 is 5.78 Å². The van der Waals surface area contributed by atoms with Crippen molar-refractivity contribution in [2.24, 2.45) is 0 Å². The number of carbonyl (C=O) groups is 1. The van der Waals surface area contributed by atoms with Crippen molar-refractivity contribution in [3.63, 3.8) is 0 Å². The lowest BCUT2D eigenvalue weighted by Gasteiger charge is -2.28. The number of hydrogen-bond acceptors (Lipinski definition) is 2. The van der Waals surface area contributed by atoms with Crippen LogP contribution in [0, 0.1) is 0 Å². The molecule has 0 aliphatic heterocycles. The number of ketones is 1. The fourth-order valence-corrected chi connectivity index (χ4v) is 2.00. The smallest absolute Gasteiger partial charge is 0.161 e. The molecule has 0 radical (unpaired) electrons. The third kappa shape index (κ3) is 1.86. The van der Waals surface area contributed by atoms with Gasteiger partial charge in [0, 0.05) is 7.11 Å². The molecule has 0 heterocycles. The van der Waals surface area contributed by atoms with Crippen molar-refractivity contribution < 1.29 is 9.53 Å². The van der Waals surface area contributed by atoms with E-state index in [9.17, 15) is 4.79 Å². The van der Waals surface area contributed by atoms with Gasteiger partial charge in [0.15, 0.2) is 5.78 Å². The van der Waals surface area contributed by atoms with E-state index in [2.05, 4.69) is 0 Å². The van der Waals surface area contributed by atoms with Crippen molar-refractivity contribution in [2.45, 2.75) is 51.0 Å². The Kier molecular flexibility index (Phi) is 3.27. The van der Waals surface area contributed by atoms with Crippen LogP contribution in [0.3, 0.4) is 0 Å². The zero-order chi connectivity index (χ0) is 9.03. The Morgan fingerprint density at radius 1 is 1.17 bits per heavy atom. The second-order valence-electron chi connectivity index (χ2n) is 3.67. The minimum Gasteiger partial charge on any atom is -0.370 e. The normalized spacial score (nSPS) is 23.2. The predicted molar refractivity (Wildman–Crippen MR) is 48.1 cm³/mol. The maximum Gasteiger partial charge on any atom is 0.161 e. The molecule has 2 heteroatoms. The molecule has 0 atom stereocenters. The Balaban J connectivity index is 2.68. The van der Waals surface area contributed by atoms with Crippen LogP contribution >= 0.6 is 0 Å². The average Bonchev–Trinajstić information content (AvgIpc) is 2.29. The van der Waals surface area contributed by atoms with Crippen LogP contribution in [0.5, 0.6) is 0 Å². The molecule has 1 fully saturated rings. The molecule has 0 aromatic carbocycles. The van der Waals surface area contributed by atoms with Crippen molar-refractivity contribution in [3.8, 4) is 0 Å². The van der Waals surface area contributed by atoms with Crippen molar-refractivity contribution in [3.05, 3.63) is 0 Å². The lowest BCUT2D eigenvalue weighted by Crippen LogP contribution is -2.38. The van der Waals surface area contributed by atoms with Crippen LogP contribution in [0.25, 0.3) is 0 Å². The molecule has 0 saturated heterocycles. The molecule has 1 rings (SSSR count). The average molecular weight is 170 g/mol. The standard InChI is InChI=1S/C10H18O2/c1-9(11)10(12-2)7-5-3-4-6-8-10/h3-8H2,1-2H3. The van der Waals surface area contributed by atoms with Gasteiger partial charge in [0.2, 0.25) is 0 Å². The van der Waals surface area contributed by atoms with Gasteiger partial charge >= 0.3 is 0 Å². The molecule has 70 valence electrons. The van der Waals surface area contributed by atoms with E-state index >= 15 is 0 Å². The van der Waals surface area contributed by atoms with E-state index in [4.69, 9.17) is 4.74 Å². The molecule has 0 spiro atoms. The summed E-state index contributed by atoms with van der Waals surface area (Å²) in [4.78, 5) is 11.4. The second kappa shape index (κ2) is 4.04. The minimum absolute atomic E-state index is 0.201. The van der Waals surface area contributed by atoms with Gasteiger partial charge in [0.05, 0.1) is 0 Å². The third-order valence-electron chi connectivity index (χ3n) is 2.94. The van der Waals surface area contributed by atoms with Gasteiger partial charge in [-0.05, 0) is 19.8 Å². The molecule has 0 unspecified atom stereocenters. The van der Waals surface area contributed by atoms with Gasteiger partial charge in [-0.1, -0.05) is 25.7 Å². The summed E-state index contributed by atoms with van der Waals surface area (Å²) in [6.07, 6.45) is 6.59. The van der Waals surface area contributed by atoms with Crippen molar-refractivity contribution in [1.29, 1.82) is 0 Å². The lowest BCUT2D eigenvalue weighted by molar-refractivity contribution is -0.140. The molecule has 2 nitrogen and oxygen atoms in total. The van der Waals surface area contributed by atoms with Gasteiger partial charge in [-0.25, -0.2) is 0 Å². The number of Topliss-reactive ketones (excluding diaryl/α,β-unsaturated/α-hetero) is 1. The summed E-state index contributed by atoms with van der Waals surface area (Å²) < 4.78 is 5.37. The summed E-state index contributed by atoms with van der Waals surface area (Å²) >= 11 is 0. The molecular weight excluding hydrogens is 152 g/mol. The second-order valence-corrected chi connectivity index (χ2v) is 3.67. The van der Waals surface area contributed by atoms with Crippen LogP contribution in [-0.4, -0.2) is 18.5 Å². The van der Waals surface area contributed by atoms with E-state index in [1.54, 1.807) is 14.0 Å².